The van der Waals surface area contributed by atoms with E-state index in [1.807, 2.05) is 19.1 Å². The SMILES string of the molecule is CCOc1ccc(CNC2CCC2)cc1. The molecule has 2 heteroatoms. The van der Waals surface area contributed by atoms with Gasteiger partial charge in [0, 0.05) is 12.6 Å². The van der Waals surface area contributed by atoms with Gasteiger partial charge in [-0.3, -0.25) is 0 Å². The molecule has 0 atom stereocenters. The summed E-state index contributed by atoms with van der Waals surface area (Å²) in [5.41, 5.74) is 1.34. The first kappa shape index (κ1) is 10.5. The first-order valence-corrected chi connectivity index (χ1v) is 5.83. The summed E-state index contributed by atoms with van der Waals surface area (Å²) in [4.78, 5) is 0. The van der Waals surface area contributed by atoms with Crippen LogP contribution in [0.4, 0.5) is 0 Å². The van der Waals surface area contributed by atoms with Crippen LogP contribution in [0.5, 0.6) is 5.75 Å². The number of benzene rings is 1. The Morgan fingerprint density at radius 3 is 2.53 bits per heavy atom. The second-order valence-electron chi connectivity index (χ2n) is 4.09. The summed E-state index contributed by atoms with van der Waals surface area (Å²) in [5.74, 6) is 0.963. The number of hydrogen-bond acceptors (Lipinski definition) is 2. The van der Waals surface area contributed by atoms with Gasteiger partial charge < -0.3 is 10.1 Å². The van der Waals surface area contributed by atoms with E-state index >= 15 is 0 Å². The maximum Gasteiger partial charge on any atom is 0.119 e. The Balaban J connectivity index is 1.80. The molecule has 1 aliphatic rings. The maximum absolute atomic E-state index is 5.40. The molecule has 82 valence electrons. The van der Waals surface area contributed by atoms with Gasteiger partial charge in [0.2, 0.25) is 0 Å². The Labute approximate surface area is 91.6 Å². The average molecular weight is 205 g/mol. The van der Waals surface area contributed by atoms with Crippen LogP contribution in [0.1, 0.15) is 31.7 Å². The molecule has 1 aromatic rings. The molecule has 0 aliphatic heterocycles. The van der Waals surface area contributed by atoms with Crippen molar-refractivity contribution in [1.29, 1.82) is 0 Å². The zero-order valence-corrected chi connectivity index (χ0v) is 9.33. The third kappa shape index (κ3) is 2.96. The lowest BCUT2D eigenvalue weighted by molar-refractivity contribution is 0.336. The fraction of sp³-hybridized carbons (Fsp3) is 0.538. The Morgan fingerprint density at radius 2 is 2.00 bits per heavy atom. The molecule has 0 unspecified atom stereocenters. The van der Waals surface area contributed by atoms with E-state index in [1.165, 1.54) is 24.8 Å². The van der Waals surface area contributed by atoms with Crippen molar-refractivity contribution in [2.45, 2.75) is 38.8 Å². The van der Waals surface area contributed by atoms with Gasteiger partial charge in [-0.05, 0) is 37.5 Å². The van der Waals surface area contributed by atoms with Gasteiger partial charge in [-0.2, -0.15) is 0 Å². The van der Waals surface area contributed by atoms with Crippen LogP contribution in [0.3, 0.4) is 0 Å². The number of ether oxygens (including phenoxy) is 1. The van der Waals surface area contributed by atoms with Crippen LogP contribution in [0.2, 0.25) is 0 Å². The zero-order valence-electron chi connectivity index (χ0n) is 9.33. The van der Waals surface area contributed by atoms with Gasteiger partial charge in [0.15, 0.2) is 0 Å². The van der Waals surface area contributed by atoms with Crippen molar-refractivity contribution in [1.82, 2.24) is 5.32 Å². The lowest BCUT2D eigenvalue weighted by Gasteiger charge is -2.26. The monoisotopic (exact) mass is 205 g/mol. The molecular weight excluding hydrogens is 186 g/mol. The van der Waals surface area contributed by atoms with Crippen molar-refractivity contribution in [3.05, 3.63) is 29.8 Å². The Morgan fingerprint density at radius 1 is 1.27 bits per heavy atom. The molecule has 2 rings (SSSR count). The number of hydrogen-bond donors (Lipinski definition) is 1. The van der Waals surface area contributed by atoms with Crippen molar-refractivity contribution >= 4 is 0 Å². The molecule has 0 heterocycles. The average Bonchev–Trinajstić information content (AvgIpc) is 2.19. The summed E-state index contributed by atoms with van der Waals surface area (Å²) in [6.45, 7) is 3.73. The minimum atomic E-state index is 0.736. The lowest BCUT2D eigenvalue weighted by atomic mass is 9.93. The lowest BCUT2D eigenvalue weighted by Crippen LogP contribution is -2.34. The van der Waals surface area contributed by atoms with Crippen LogP contribution < -0.4 is 10.1 Å². The smallest absolute Gasteiger partial charge is 0.119 e. The molecule has 0 aromatic heterocycles. The maximum atomic E-state index is 5.40. The minimum absolute atomic E-state index is 0.736. The highest BCUT2D eigenvalue weighted by Crippen LogP contribution is 2.19. The summed E-state index contributed by atoms with van der Waals surface area (Å²) >= 11 is 0. The van der Waals surface area contributed by atoms with E-state index in [2.05, 4.69) is 17.4 Å². The quantitative estimate of drug-likeness (QED) is 0.798. The standard InChI is InChI=1S/C13H19NO/c1-2-15-13-8-6-11(7-9-13)10-14-12-4-3-5-12/h6-9,12,14H,2-5,10H2,1H3. The Bertz CT molecular complexity index is 290. The summed E-state index contributed by atoms with van der Waals surface area (Å²) < 4.78 is 5.40. The second-order valence-corrected chi connectivity index (χ2v) is 4.09. The van der Waals surface area contributed by atoms with Crippen molar-refractivity contribution in [3.8, 4) is 5.75 Å². The molecule has 2 nitrogen and oxygen atoms in total. The van der Waals surface area contributed by atoms with E-state index in [9.17, 15) is 0 Å². The molecule has 1 aliphatic carbocycles. The highest BCUT2D eigenvalue weighted by atomic mass is 16.5. The van der Waals surface area contributed by atoms with Gasteiger partial charge >= 0.3 is 0 Å². The fourth-order valence-electron chi connectivity index (χ4n) is 1.74. The molecule has 0 radical (unpaired) electrons. The number of nitrogens with one attached hydrogen (secondary N) is 1. The highest BCUT2D eigenvalue weighted by molar-refractivity contribution is 5.27. The van der Waals surface area contributed by atoms with Crippen LogP contribution in [0.15, 0.2) is 24.3 Å². The Kier molecular flexibility index (Phi) is 3.62. The molecule has 15 heavy (non-hydrogen) atoms. The van der Waals surface area contributed by atoms with Crippen molar-refractivity contribution in [3.63, 3.8) is 0 Å². The highest BCUT2D eigenvalue weighted by Gasteiger charge is 2.15. The molecule has 1 fully saturated rings. The normalized spacial score (nSPS) is 16.1. The van der Waals surface area contributed by atoms with E-state index in [0.717, 1.165) is 24.9 Å². The summed E-state index contributed by atoms with van der Waals surface area (Å²) in [7, 11) is 0. The van der Waals surface area contributed by atoms with Gasteiger partial charge in [0.25, 0.3) is 0 Å². The van der Waals surface area contributed by atoms with Gasteiger partial charge in [-0.25, -0.2) is 0 Å². The van der Waals surface area contributed by atoms with Crippen LogP contribution in [-0.4, -0.2) is 12.6 Å². The second kappa shape index (κ2) is 5.17. The summed E-state index contributed by atoms with van der Waals surface area (Å²) in [5, 5.41) is 3.55. The van der Waals surface area contributed by atoms with Crippen molar-refractivity contribution in [2.24, 2.45) is 0 Å². The van der Waals surface area contributed by atoms with Crippen LogP contribution >= 0.6 is 0 Å². The first-order chi connectivity index (χ1) is 7.38. The third-order valence-electron chi connectivity index (χ3n) is 2.93. The minimum Gasteiger partial charge on any atom is -0.494 e. The predicted molar refractivity (Wildman–Crippen MR) is 62.1 cm³/mol. The molecule has 1 N–H and O–H groups in total. The van der Waals surface area contributed by atoms with E-state index in [1.54, 1.807) is 0 Å². The van der Waals surface area contributed by atoms with E-state index in [0.29, 0.717) is 0 Å². The topological polar surface area (TPSA) is 21.3 Å². The zero-order chi connectivity index (χ0) is 10.5. The van der Waals surface area contributed by atoms with Gasteiger partial charge in [-0.1, -0.05) is 18.6 Å². The Hall–Kier alpha value is -1.02. The van der Waals surface area contributed by atoms with Crippen molar-refractivity contribution in [2.75, 3.05) is 6.61 Å². The van der Waals surface area contributed by atoms with E-state index < -0.39 is 0 Å². The summed E-state index contributed by atoms with van der Waals surface area (Å²) in [6.07, 6.45) is 4.08. The van der Waals surface area contributed by atoms with Crippen LogP contribution in [-0.2, 0) is 6.54 Å². The van der Waals surface area contributed by atoms with E-state index in [-0.39, 0.29) is 0 Å². The van der Waals surface area contributed by atoms with Gasteiger partial charge in [0.05, 0.1) is 6.61 Å². The molecule has 0 saturated heterocycles. The summed E-state index contributed by atoms with van der Waals surface area (Å²) in [6, 6.07) is 9.12. The van der Waals surface area contributed by atoms with E-state index in [4.69, 9.17) is 4.74 Å². The third-order valence-corrected chi connectivity index (χ3v) is 2.93. The molecule has 1 aromatic carbocycles. The van der Waals surface area contributed by atoms with Crippen molar-refractivity contribution < 1.29 is 4.74 Å². The molecule has 1 saturated carbocycles. The molecule has 0 amide bonds. The fourth-order valence-corrected chi connectivity index (χ4v) is 1.74. The first-order valence-electron chi connectivity index (χ1n) is 5.83. The molecular formula is C13H19NO. The molecule has 0 bridgehead atoms. The van der Waals surface area contributed by atoms with Crippen LogP contribution in [0.25, 0.3) is 0 Å². The van der Waals surface area contributed by atoms with Gasteiger partial charge in [-0.15, -0.1) is 0 Å². The van der Waals surface area contributed by atoms with Gasteiger partial charge in [0.1, 0.15) is 5.75 Å². The molecule has 0 spiro atoms. The largest absolute Gasteiger partial charge is 0.494 e. The number of rotatable bonds is 5. The van der Waals surface area contributed by atoms with Crippen LogP contribution in [0, 0.1) is 0 Å². The predicted octanol–water partition coefficient (Wildman–Crippen LogP) is 2.73.